The van der Waals surface area contributed by atoms with Crippen molar-refractivity contribution in [3.8, 4) is 0 Å². The number of hydrogen-bond donors (Lipinski definition) is 1. The van der Waals surface area contributed by atoms with Gasteiger partial charge in [0.25, 0.3) is 0 Å². The van der Waals surface area contributed by atoms with Gasteiger partial charge in [-0.3, -0.25) is 4.79 Å². The number of ether oxygens (including phenoxy) is 1. The topological polar surface area (TPSA) is 46.5 Å². The summed E-state index contributed by atoms with van der Waals surface area (Å²) < 4.78 is 6.35. The summed E-state index contributed by atoms with van der Waals surface area (Å²) >= 11 is 0. The molecule has 4 aliphatic carbocycles. The van der Waals surface area contributed by atoms with Crippen molar-refractivity contribution in [2.75, 3.05) is 0 Å². The molecule has 5 unspecified atom stereocenters. The number of aliphatic hydroxyl groups is 1. The van der Waals surface area contributed by atoms with Gasteiger partial charge in [-0.05, 0) is 105 Å². The third-order valence-corrected chi connectivity index (χ3v) is 11.1. The minimum absolute atomic E-state index is 0.0793. The lowest BCUT2D eigenvalue weighted by molar-refractivity contribution is -0.161. The molecule has 9 atom stereocenters. The van der Waals surface area contributed by atoms with Crippen LogP contribution in [0.25, 0.3) is 0 Å². The molecule has 0 radical (unpaired) electrons. The SMILES string of the molecule is CC(C)[C@@H](C)[C@H](C)C[C@@]1(C)OC(=O)C23CCC4C(CC=C5C[C@@H](O)CCC54C)C2CC=C31. The van der Waals surface area contributed by atoms with Crippen molar-refractivity contribution < 1.29 is 14.6 Å². The molecule has 1 heterocycles. The zero-order valence-electron chi connectivity index (χ0n) is 21.1. The number of rotatable bonds is 4. The zero-order valence-corrected chi connectivity index (χ0v) is 21.1. The molecule has 0 aromatic carbocycles. The number of allylic oxidation sites excluding steroid dienone is 2. The minimum Gasteiger partial charge on any atom is -0.454 e. The average Bonchev–Trinajstić information content (AvgIpc) is 3.23. The predicted octanol–water partition coefficient (Wildman–Crippen LogP) is 6.46. The lowest BCUT2D eigenvalue weighted by Gasteiger charge is -2.56. The highest BCUT2D eigenvalue weighted by atomic mass is 16.6. The molecule has 0 bridgehead atoms. The van der Waals surface area contributed by atoms with E-state index >= 15 is 0 Å². The summed E-state index contributed by atoms with van der Waals surface area (Å²) in [6, 6.07) is 0. The smallest absolute Gasteiger partial charge is 0.317 e. The lowest BCUT2D eigenvalue weighted by atomic mass is 9.47. The molecule has 0 aromatic heterocycles. The van der Waals surface area contributed by atoms with E-state index in [4.69, 9.17) is 4.74 Å². The van der Waals surface area contributed by atoms with Crippen molar-refractivity contribution in [2.24, 2.45) is 46.3 Å². The lowest BCUT2D eigenvalue weighted by Crippen LogP contribution is -2.52. The maximum Gasteiger partial charge on any atom is 0.317 e. The van der Waals surface area contributed by atoms with Crippen molar-refractivity contribution in [1.29, 1.82) is 0 Å². The van der Waals surface area contributed by atoms with E-state index in [0.29, 0.717) is 35.5 Å². The van der Waals surface area contributed by atoms with Crippen LogP contribution in [-0.4, -0.2) is 22.8 Å². The van der Waals surface area contributed by atoms with Crippen LogP contribution < -0.4 is 0 Å². The fourth-order valence-electron chi connectivity index (χ4n) is 8.93. The predicted molar refractivity (Wildman–Crippen MR) is 128 cm³/mol. The van der Waals surface area contributed by atoms with Crippen LogP contribution in [0.5, 0.6) is 0 Å². The molecule has 1 aliphatic heterocycles. The molecule has 0 aromatic rings. The number of aliphatic hydroxyl groups excluding tert-OH is 1. The van der Waals surface area contributed by atoms with E-state index in [2.05, 4.69) is 53.7 Å². The van der Waals surface area contributed by atoms with Crippen molar-refractivity contribution in [2.45, 2.75) is 105 Å². The van der Waals surface area contributed by atoms with Crippen LogP contribution in [0.4, 0.5) is 0 Å². The molecular formula is C29H44O3. The normalized spacial score (nSPS) is 46.9. The van der Waals surface area contributed by atoms with E-state index in [1.165, 1.54) is 11.1 Å². The van der Waals surface area contributed by atoms with Gasteiger partial charge in [0.1, 0.15) is 5.60 Å². The first-order valence-corrected chi connectivity index (χ1v) is 13.3. The number of carbonyl (C=O) groups is 1. The van der Waals surface area contributed by atoms with Crippen LogP contribution in [0, 0.1) is 46.3 Å². The second kappa shape index (κ2) is 7.45. The summed E-state index contributed by atoms with van der Waals surface area (Å²) in [7, 11) is 0. The maximum atomic E-state index is 13.7. The van der Waals surface area contributed by atoms with Crippen LogP contribution in [0.15, 0.2) is 23.3 Å². The Hall–Kier alpha value is -1.09. The fourth-order valence-corrected chi connectivity index (χ4v) is 8.93. The molecule has 3 fully saturated rings. The molecule has 3 heteroatoms. The molecule has 178 valence electrons. The first-order valence-electron chi connectivity index (χ1n) is 13.3. The second-order valence-electron chi connectivity index (χ2n) is 12.9. The Bertz CT molecular complexity index is 854. The Morgan fingerprint density at radius 2 is 1.81 bits per heavy atom. The van der Waals surface area contributed by atoms with Gasteiger partial charge in [-0.2, -0.15) is 0 Å². The summed E-state index contributed by atoms with van der Waals surface area (Å²) in [6.07, 6.45) is 12.7. The fraction of sp³-hybridized carbons (Fsp3) is 0.828. The first kappa shape index (κ1) is 22.7. The molecule has 0 amide bonds. The largest absolute Gasteiger partial charge is 0.454 e. The third-order valence-electron chi connectivity index (χ3n) is 11.1. The van der Waals surface area contributed by atoms with Gasteiger partial charge in [0.2, 0.25) is 0 Å². The summed E-state index contributed by atoms with van der Waals surface area (Å²) in [5, 5.41) is 10.3. The summed E-state index contributed by atoms with van der Waals surface area (Å²) in [5.74, 6) is 3.44. The van der Waals surface area contributed by atoms with Crippen LogP contribution >= 0.6 is 0 Å². The van der Waals surface area contributed by atoms with E-state index in [-0.39, 0.29) is 22.9 Å². The van der Waals surface area contributed by atoms with Gasteiger partial charge in [-0.15, -0.1) is 0 Å². The van der Waals surface area contributed by atoms with E-state index < -0.39 is 5.60 Å². The molecule has 5 aliphatic rings. The summed E-state index contributed by atoms with van der Waals surface area (Å²) in [5.41, 5.74) is 2.23. The highest BCUT2D eigenvalue weighted by molar-refractivity contribution is 5.87. The average molecular weight is 441 g/mol. The first-order chi connectivity index (χ1) is 15.0. The Morgan fingerprint density at radius 1 is 1.06 bits per heavy atom. The number of esters is 1. The molecule has 1 N–H and O–H groups in total. The standard InChI is InChI=1S/C29H44O3/c1-17(2)19(4)18(3)16-28(6)25-10-9-24-22-8-7-20-15-21(30)11-13-27(20,5)23(22)12-14-29(24,25)26(31)32-28/h7,10,17-19,21-24,30H,8-9,11-16H2,1-6H3/t18-,19-,21+,22?,23?,24?,27?,28-,29?/m1/s1. The van der Waals surface area contributed by atoms with Crippen molar-refractivity contribution in [3.05, 3.63) is 23.3 Å². The molecule has 2 saturated carbocycles. The Balaban J connectivity index is 1.43. The van der Waals surface area contributed by atoms with Crippen LogP contribution in [0.2, 0.25) is 0 Å². The Kier molecular flexibility index (Phi) is 5.29. The maximum absolute atomic E-state index is 13.7. The van der Waals surface area contributed by atoms with Gasteiger partial charge in [0, 0.05) is 0 Å². The number of carbonyl (C=O) groups excluding carboxylic acids is 1. The van der Waals surface area contributed by atoms with Crippen molar-refractivity contribution >= 4 is 5.97 Å². The van der Waals surface area contributed by atoms with E-state index in [0.717, 1.165) is 51.4 Å². The van der Waals surface area contributed by atoms with Gasteiger partial charge in [-0.25, -0.2) is 0 Å². The van der Waals surface area contributed by atoms with E-state index in [9.17, 15) is 9.90 Å². The highest BCUT2D eigenvalue weighted by Crippen LogP contribution is 2.69. The highest BCUT2D eigenvalue weighted by Gasteiger charge is 2.68. The van der Waals surface area contributed by atoms with Gasteiger partial charge < -0.3 is 9.84 Å². The van der Waals surface area contributed by atoms with E-state index in [1.54, 1.807) is 0 Å². The van der Waals surface area contributed by atoms with Gasteiger partial charge >= 0.3 is 5.97 Å². The van der Waals surface area contributed by atoms with Crippen LogP contribution in [0.1, 0.15) is 92.9 Å². The Labute approximate surface area is 195 Å². The summed E-state index contributed by atoms with van der Waals surface area (Å²) in [4.78, 5) is 13.7. The quantitative estimate of drug-likeness (QED) is 0.403. The number of hydrogen-bond acceptors (Lipinski definition) is 3. The monoisotopic (exact) mass is 440 g/mol. The van der Waals surface area contributed by atoms with E-state index in [1.807, 2.05) is 0 Å². The third kappa shape index (κ3) is 2.98. The van der Waals surface area contributed by atoms with Crippen LogP contribution in [0.3, 0.4) is 0 Å². The summed E-state index contributed by atoms with van der Waals surface area (Å²) in [6.45, 7) is 13.9. The molecule has 1 saturated heterocycles. The molecule has 1 spiro atoms. The molecule has 32 heavy (non-hydrogen) atoms. The Morgan fingerprint density at radius 3 is 2.53 bits per heavy atom. The van der Waals surface area contributed by atoms with Gasteiger partial charge in [0.15, 0.2) is 0 Å². The van der Waals surface area contributed by atoms with Gasteiger partial charge in [0.05, 0.1) is 11.5 Å². The molecule has 3 nitrogen and oxygen atoms in total. The molecule has 5 rings (SSSR count). The van der Waals surface area contributed by atoms with Gasteiger partial charge in [-0.1, -0.05) is 52.3 Å². The van der Waals surface area contributed by atoms with Crippen molar-refractivity contribution in [1.82, 2.24) is 0 Å². The number of fused-ring (bicyclic) bond motifs is 4. The zero-order chi connectivity index (χ0) is 23.1. The van der Waals surface area contributed by atoms with Crippen molar-refractivity contribution in [3.63, 3.8) is 0 Å². The number of cyclic esters (lactones) is 1. The molecular weight excluding hydrogens is 396 g/mol. The van der Waals surface area contributed by atoms with Crippen LogP contribution in [-0.2, 0) is 9.53 Å². The minimum atomic E-state index is -0.435. The second-order valence-corrected chi connectivity index (χ2v) is 12.9.